The molecule has 0 amide bonds. The van der Waals surface area contributed by atoms with E-state index in [-0.39, 0.29) is 23.3 Å². The molecule has 1 N–H and O–H groups in total. The van der Waals surface area contributed by atoms with Crippen LogP contribution in [0.1, 0.15) is 41.4 Å². The average Bonchev–Trinajstić information content (AvgIpc) is 2.84. The number of hydrogen-bond donors (Lipinski definition) is 1. The van der Waals surface area contributed by atoms with Crippen molar-refractivity contribution in [3.8, 4) is 0 Å². The molecule has 33 heavy (non-hydrogen) atoms. The molecule has 1 heterocycles. The summed E-state index contributed by atoms with van der Waals surface area (Å²) in [6.45, 7) is 10.5. The number of nitrogens with one attached hydrogen (secondary N) is 1. The first-order valence-corrected chi connectivity index (χ1v) is 13.0. The van der Waals surface area contributed by atoms with Gasteiger partial charge in [0.1, 0.15) is 0 Å². The van der Waals surface area contributed by atoms with E-state index in [1.54, 1.807) is 12.1 Å². The highest BCUT2D eigenvalue weighted by molar-refractivity contribution is 7.89. The van der Waals surface area contributed by atoms with Gasteiger partial charge in [-0.25, -0.2) is 8.42 Å². The highest BCUT2D eigenvalue weighted by Crippen LogP contribution is 2.22. The fourth-order valence-electron chi connectivity index (χ4n) is 4.09. The Bertz CT molecular complexity index is 997. The topological polar surface area (TPSA) is 79.0 Å². The van der Waals surface area contributed by atoms with Crippen LogP contribution >= 0.6 is 0 Å². The van der Waals surface area contributed by atoms with Gasteiger partial charge < -0.3 is 10.1 Å². The lowest BCUT2D eigenvalue weighted by molar-refractivity contribution is 0.0162. The predicted octanol–water partition coefficient (Wildman–Crippen LogP) is 2.87. The van der Waals surface area contributed by atoms with E-state index in [1.165, 1.54) is 27.6 Å². The van der Waals surface area contributed by atoms with Crippen LogP contribution in [0.3, 0.4) is 0 Å². The molecule has 1 aliphatic heterocycles. The van der Waals surface area contributed by atoms with Crippen molar-refractivity contribution in [2.24, 2.45) is 0 Å². The SMILES string of the molecule is CCN(CC)S(=O)(=O)c1ccc(C(=O)CNCC(c2ccc(C)cc2)N2CCOCC2)cc1. The summed E-state index contributed by atoms with van der Waals surface area (Å²) >= 11 is 0. The standard InChI is InChI=1S/C25H35N3O4S/c1-4-28(5-2)33(30,31)23-12-10-22(11-13-23)25(29)19-26-18-24(27-14-16-32-17-15-27)21-8-6-20(3)7-9-21/h6-13,24,26H,4-5,14-19H2,1-3H3. The van der Waals surface area contributed by atoms with Crippen LogP contribution in [-0.4, -0.2) is 75.9 Å². The third kappa shape index (κ3) is 6.49. The van der Waals surface area contributed by atoms with Gasteiger partial charge in [-0.3, -0.25) is 9.69 Å². The number of sulfonamides is 1. The fourth-order valence-corrected chi connectivity index (χ4v) is 5.54. The molecule has 7 nitrogen and oxygen atoms in total. The minimum Gasteiger partial charge on any atom is -0.379 e. The van der Waals surface area contributed by atoms with Gasteiger partial charge in [0.25, 0.3) is 0 Å². The Morgan fingerprint density at radius 1 is 1.03 bits per heavy atom. The molecule has 1 unspecified atom stereocenters. The Hall–Kier alpha value is -2.10. The van der Waals surface area contributed by atoms with Crippen LogP contribution in [-0.2, 0) is 14.8 Å². The van der Waals surface area contributed by atoms with Crippen LogP contribution in [0.2, 0.25) is 0 Å². The quantitative estimate of drug-likeness (QED) is 0.506. The van der Waals surface area contributed by atoms with Crippen LogP contribution in [0.4, 0.5) is 0 Å². The van der Waals surface area contributed by atoms with Crippen molar-refractivity contribution < 1.29 is 17.9 Å². The smallest absolute Gasteiger partial charge is 0.243 e. The first-order valence-electron chi connectivity index (χ1n) is 11.6. The predicted molar refractivity (Wildman–Crippen MR) is 130 cm³/mol. The zero-order valence-corrected chi connectivity index (χ0v) is 20.6. The number of hydrogen-bond acceptors (Lipinski definition) is 6. The highest BCUT2D eigenvalue weighted by Gasteiger charge is 2.24. The summed E-state index contributed by atoms with van der Waals surface area (Å²) in [5, 5.41) is 3.32. The number of ether oxygens (including phenoxy) is 1. The van der Waals surface area contributed by atoms with Crippen molar-refractivity contribution in [3.05, 3.63) is 65.2 Å². The molecule has 0 aromatic heterocycles. The summed E-state index contributed by atoms with van der Waals surface area (Å²) in [6.07, 6.45) is 0. The molecule has 2 aromatic rings. The van der Waals surface area contributed by atoms with Gasteiger partial charge in [0, 0.05) is 44.3 Å². The third-order valence-electron chi connectivity index (χ3n) is 6.09. The number of benzene rings is 2. The largest absolute Gasteiger partial charge is 0.379 e. The maximum absolute atomic E-state index is 12.7. The first-order chi connectivity index (χ1) is 15.9. The summed E-state index contributed by atoms with van der Waals surface area (Å²) in [4.78, 5) is 15.3. The second kappa shape index (κ2) is 11.9. The number of carbonyl (C=O) groups is 1. The van der Waals surface area contributed by atoms with Gasteiger partial charge in [0.2, 0.25) is 10.0 Å². The molecular formula is C25H35N3O4S. The molecule has 0 radical (unpaired) electrons. The second-order valence-corrected chi connectivity index (χ2v) is 10.2. The van der Waals surface area contributed by atoms with E-state index >= 15 is 0 Å². The third-order valence-corrected chi connectivity index (χ3v) is 8.16. The summed E-state index contributed by atoms with van der Waals surface area (Å²) in [6, 6.07) is 14.9. The molecule has 1 fully saturated rings. The Labute approximate surface area is 197 Å². The normalized spacial score (nSPS) is 16.1. The molecule has 0 bridgehead atoms. The van der Waals surface area contributed by atoms with E-state index in [9.17, 15) is 13.2 Å². The molecule has 0 aliphatic carbocycles. The number of rotatable bonds is 11. The Balaban J connectivity index is 1.63. The first kappa shape index (κ1) is 25.5. The van der Waals surface area contributed by atoms with Gasteiger partial charge in [-0.2, -0.15) is 4.31 Å². The van der Waals surface area contributed by atoms with Gasteiger partial charge in [-0.15, -0.1) is 0 Å². The molecule has 1 aliphatic rings. The van der Waals surface area contributed by atoms with E-state index in [4.69, 9.17) is 4.74 Å². The van der Waals surface area contributed by atoms with E-state index in [2.05, 4.69) is 41.4 Å². The molecule has 2 aromatic carbocycles. The van der Waals surface area contributed by atoms with Crippen LogP contribution in [0.15, 0.2) is 53.4 Å². The van der Waals surface area contributed by atoms with E-state index in [1.807, 2.05) is 13.8 Å². The van der Waals surface area contributed by atoms with Gasteiger partial charge >= 0.3 is 0 Å². The van der Waals surface area contributed by atoms with Crippen LogP contribution < -0.4 is 5.32 Å². The zero-order valence-electron chi connectivity index (χ0n) is 19.8. The minimum absolute atomic E-state index is 0.0635. The molecule has 180 valence electrons. The van der Waals surface area contributed by atoms with Crippen molar-refractivity contribution in [1.82, 2.24) is 14.5 Å². The maximum Gasteiger partial charge on any atom is 0.243 e. The Morgan fingerprint density at radius 3 is 2.21 bits per heavy atom. The van der Waals surface area contributed by atoms with Crippen molar-refractivity contribution in [3.63, 3.8) is 0 Å². The Kier molecular flexibility index (Phi) is 9.17. The lowest BCUT2D eigenvalue weighted by atomic mass is 10.0. The molecule has 3 rings (SSSR count). The molecule has 0 spiro atoms. The van der Waals surface area contributed by atoms with E-state index in [0.29, 0.717) is 38.4 Å². The van der Waals surface area contributed by atoms with Crippen molar-refractivity contribution in [2.75, 3.05) is 52.5 Å². The Morgan fingerprint density at radius 2 is 1.64 bits per heavy atom. The second-order valence-electron chi connectivity index (χ2n) is 8.24. The summed E-state index contributed by atoms with van der Waals surface area (Å²) in [5.41, 5.74) is 2.93. The van der Waals surface area contributed by atoms with Gasteiger partial charge in [-0.1, -0.05) is 55.8 Å². The van der Waals surface area contributed by atoms with Crippen LogP contribution in [0, 0.1) is 6.92 Å². The lowest BCUT2D eigenvalue weighted by Gasteiger charge is -2.35. The zero-order chi connectivity index (χ0) is 23.8. The number of aryl methyl sites for hydroxylation is 1. The number of Topliss-reactive ketones (excluding diaryl/α,β-unsaturated/α-hetero) is 1. The highest BCUT2D eigenvalue weighted by atomic mass is 32.2. The number of carbonyl (C=O) groups excluding carboxylic acids is 1. The summed E-state index contributed by atoms with van der Waals surface area (Å²) in [7, 11) is -3.53. The molecular weight excluding hydrogens is 438 g/mol. The number of nitrogens with zero attached hydrogens (tertiary/aromatic N) is 2. The minimum atomic E-state index is -3.53. The van der Waals surface area contributed by atoms with Crippen molar-refractivity contribution >= 4 is 15.8 Å². The lowest BCUT2D eigenvalue weighted by Crippen LogP contribution is -2.43. The van der Waals surface area contributed by atoms with E-state index < -0.39 is 10.0 Å². The molecule has 1 saturated heterocycles. The van der Waals surface area contributed by atoms with Crippen molar-refractivity contribution in [2.45, 2.75) is 31.7 Å². The summed E-state index contributed by atoms with van der Waals surface area (Å²) < 4.78 is 32.2. The van der Waals surface area contributed by atoms with Crippen LogP contribution in [0.5, 0.6) is 0 Å². The van der Waals surface area contributed by atoms with E-state index in [0.717, 1.165) is 13.1 Å². The van der Waals surface area contributed by atoms with Gasteiger partial charge in [0.05, 0.1) is 24.7 Å². The van der Waals surface area contributed by atoms with Crippen LogP contribution in [0.25, 0.3) is 0 Å². The van der Waals surface area contributed by atoms with Gasteiger partial charge in [-0.05, 0) is 24.6 Å². The fraction of sp³-hybridized carbons (Fsp3) is 0.480. The maximum atomic E-state index is 12.7. The molecule has 1 atom stereocenters. The monoisotopic (exact) mass is 473 g/mol. The van der Waals surface area contributed by atoms with Gasteiger partial charge in [0.15, 0.2) is 5.78 Å². The van der Waals surface area contributed by atoms with Crippen molar-refractivity contribution in [1.29, 1.82) is 0 Å². The number of morpholine rings is 1. The average molecular weight is 474 g/mol. The number of ketones is 1. The summed E-state index contributed by atoms with van der Waals surface area (Å²) in [5.74, 6) is -0.0635. The molecule has 0 saturated carbocycles. The molecule has 8 heteroatoms.